The summed E-state index contributed by atoms with van der Waals surface area (Å²) in [5, 5.41) is 0. The molecule has 10 heavy (non-hydrogen) atoms. The van der Waals surface area contributed by atoms with Gasteiger partial charge in [0.1, 0.15) is 0 Å². The van der Waals surface area contributed by atoms with Crippen LogP contribution in [0.3, 0.4) is 0 Å². The van der Waals surface area contributed by atoms with Crippen molar-refractivity contribution in [2.24, 2.45) is 0 Å². The molecule has 6 radical (unpaired) electrons. The Hall–Kier alpha value is 0.0875. The number of hydrogen-bond donors (Lipinski definition) is 0. The lowest BCUT2D eigenvalue weighted by Gasteiger charge is -1.69. The lowest BCUT2D eigenvalue weighted by atomic mass is 10.5. The monoisotopic (exact) mass is 190 g/mol. The molecule has 4 heteroatoms. The Labute approximate surface area is 71.9 Å². The molecule has 0 N–H and O–H groups in total. The first-order valence-corrected chi connectivity index (χ1v) is 7.90. The van der Waals surface area contributed by atoms with Crippen molar-refractivity contribution in [1.29, 1.82) is 0 Å². The Morgan fingerprint density at radius 1 is 0.700 bits per heavy atom. The highest BCUT2D eigenvalue weighted by molar-refractivity contribution is 6.65. The summed E-state index contributed by atoms with van der Waals surface area (Å²) in [6.45, 7) is 0. The van der Waals surface area contributed by atoms with Crippen LogP contribution in [0.5, 0.6) is 0 Å². The van der Waals surface area contributed by atoms with Crippen LogP contribution < -0.4 is 0 Å². The molecule has 46 valence electrons. The third-order valence-corrected chi connectivity index (χ3v) is 2.41. The molecule has 0 aliphatic rings. The Morgan fingerprint density at radius 3 is 1.40 bits per heavy atom. The smallest absolute Gasteiger partial charge is 0.0242 e. The molecule has 0 saturated heterocycles. The van der Waals surface area contributed by atoms with E-state index in [9.17, 15) is 0 Å². The fourth-order valence-electron chi connectivity index (χ4n) is 0.336. The van der Waals surface area contributed by atoms with Crippen LogP contribution in [0.4, 0.5) is 0 Å². The fraction of sp³-hybridized carbons (Fsp3) is 0. The third-order valence-electron chi connectivity index (χ3n) is 0.692. The number of hydrogen-bond acceptors (Lipinski definition) is 0. The maximum absolute atomic E-state index is 3.36. The van der Waals surface area contributed by atoms with E-state index in [2.05, 4.69) is 30.1 Å². The van der Waals surface area contributed by atoms with Gasteiger partial charge in [-0.15, -0.1) is 0 Å². The Kier molecular flexibility index (Phi) is 9.17. The van der Waals surface area contributed by atoms with E-state index in [0.29, 0.717) is 17.2 Å². The van der Waals surface area contributed by atoms with E-state index in [1.807, 2.05) is 24.3 Å². The van der Waals surface area contributed by atoms with Crippen LogP contribution in [-0.4, -0.2) is 35.9 Å². The van der Waals surface area contributed by atoms with Crippen molar-refractivity contribution in [3.63, 3.8) is 0 Å². The van der Waals surface area contributed by atoms with Crippen LogP contribution in [-0.2, 0) is 0 Å². The van der Waals surface area contributed by atoms with Crippen molar-refractivity contribution in [3.8, 4) is 0 Å². The first-order valence-electron chi connectivity index (χ1n) is 2.74. The molecule has 0 saturated carbocycles. The van der Waals surface area contributed by atoms with Crippen molar-refractivity contribution >= 4 is 35.9 Å². The summed E-state index contributed by atoms with van der Waals surface area (Å²) in [4.78, 5) is 0. The minimum absolute atomic E-state index is 0.712. The molecule has 0 bridgehead atoms. The molecule has 0 aromatic rings. The normalized spacial score (nSPS) is 11.6. The van der Waals surface area contributed by atoms with Crippen LogP contribution in [0.2, 0.25) is 0 Å². The van der Waals surface area contributed by atoms with E-state index in [4.69, 9.17) is 0 Å². The largest absolute Gasteiger partial charge is 0.0812 e. The second kappa shape index (κ2) is 9.09. The molecule has 0 amide bonds. The van der Waals surface area contributed by atoms with Gasteiger partial charge in [-0.25, -0.2) is 0 Å². The topological polar surface area (TPSA) is 0 Å². The van der Waals surface area contributed by atoms with Gasteiger partial charge in [0.25, 0.3) is 0 Å². The summed E-state index contributed by atoms with van der Waals surface area (Å²) < 4.78 is 0. The van der Waals surface area contributed by atoms with Crippen molar-refractivity contribution in [2.45, 2.75) is 0 Å². The van der Waals surface area contributed by atoms with Gasteiger partial charge in [-0.3, -0.25) is 0 Å². The van der Waals surface area contributed by atoms with Gasteiger partial charge >= 0.3 is 0 Å². The number of rotatable bonds is 4. The molecule has 0 aromatic heterocycles. The van der Waals surface area contributed by atoms with Gasteiger partial charge in [0.05, 0.1) is 0 Å². The Bertz CT molecular complexity index is 158. The summed E-state index contributed by atoms with van der Waals surface area (Å²) in [5.74, 6) is 0. The summed E-state index contributed by atoms with van der Waals surface area (Å²) >= 11 is 0. The quantitative estimate of drug-likeness (QED) is 0.437. The van der Waals surface area contributed by atoms with Crippen LogP contribution >= 0.6 is 0 Å². The molecule has 0 spiro atoms. The van der Waals surface area contributed by atoms with Crippen LogP contribution in [0.25, 0.3) is 0 Å². The molecular weight excluding hydrogens is 184 g/mol. The summed E-state index contributed by atoms with van der Waals surface area (Å²) in [6, 6.07) is 0. The zero-order chi connectivity index (χ0) is 7.66. The fourth-order valence-corrected chi connectivity index (χ4v) is 1.33. The van der Waals surface area contributed by atoms with E-state index in [1.165, 1.54) is 0 Å². The maximum atomic E-state index is 3.36. The van der Waals surface area contributed by atoms with Gasteiger partial charge in [-0.1, -0.05) is 35.7 Å². The first kappa shape index (κ1) is 10.1. The highest BCUT2D eigenvalue weighted by Gasteiger charge is 1.59. The van der Waals surface area contributed by atoms with E-state index in [0.717, 1.165) is 0 Å². The molecule has 0 fully saturated rings. The van der Waals surface area contributed by atoms with Crippen molar-refractivity contribution in [2.75, 3.05) is 0 Å². The average molecular weight is 190 g/mol. The zero-order valence-corrected chi connectivity index (χ0v) is 9.46. The SMILES string of the molecule is [Si]=[Si]/C=C/C=C/C=C/[Si]=[Si]. The number of allylic oxidation sites excluding steroid dienone is 4. The van der Waals surface area contributed by atoms with E-state index in [1.54, 1.807) is 0 Å². The molecule has 0 aliphatic heterocycles. The molecule has 0 aromatic carbocycles. The summed E-state index contributed by atoms with van der Waals surface area (Å²) in [6.07, 6.45) is 8.06. The molecule has 0 aliphatic carbocycles. The molecule has 0 rings (SSSR count). The van der Waals surface area contributed by atoms with Gasteiger partial charge in [0, 0.05) is 35.9 Å². The minimum atomic E-state index is 0.712. The Morgan fingerprint density at radius 2 is 1.10 bits per heavy atom. The molecule has 0 nitrogen and oxygen atoms in total. The molecule has 0 heterocycles. The van der Waals surface area contributed by atoms with Crippen LogP contribution in [0.1, 0.15) is 0 Å². The third kappa shape index (κ3) is 8.09. The molecule has 0 atom stereocenters. The average Bonchev–Trinajstić information content (AvgIpc) is 1.97. The van der Waals surface area contributed by atoms with Gasteiger partial charge < -0.3 is 0 Å². The highest BCUT2D eigenvalue weighted by Crippen LogP contribution is 1.75. The van der Waals surface area contributed by atoms with Gasteiger partial charge in [-0.05, 0) is 0 Å². The second-order valence-electron chi connectivity index (χ2n) is 1.39. The van der Waals surface area contributed by atoms with Crippen molar-refractivity contribution in [3.05, 3.63) is 35.7 Å². The Balaban J connectivity index is 3.55. The second-order valence-corrected chi connectivity index (χ2v) is 4.37. The van der Waals surface area contributed by atoms with Gasteiger partial charge in [0.15, 0.2) is 0 Å². The first-order chi connectivity index (χ1) is 4.91. The molecule has 0 unspecified atom stereocenters. The predicted molar refractivity (Wildman–Crippen MR) is 50.4 cm³/mol. The predicted octanol–water partition coefficient (Wildman–Crippen LogP) is 0.145. The van der Waals surface area contributed by atoms with E-state index < -0.39 is 0 Å². The van der Waals surface area contributed by atoms with Crippen molar-refractivity contribution < 1.29 is 0 Å². The van der Waals surface area contributed by atoms with Crippen LogP contribution in [0, 0.1) is 0 Å². The lowest BCUT2D eigenvalue weighted by molar-refractivity contribution is 1.95. The van der Waals surface area contributed by atoms with Crippen molar-refractivity contribution in [1.82, 2.24) is 0 Å². The van der Waals surface area contributed by atoms with Gasteiger partial charge in [0.2, 0.25) is 0 Å². The minimum Gasteiger partial charge on any atom is -0.0812 e. The standard InChI is InChI=1S/C6H6Si4/c7-9-5-3-1-2-4-6-10-8/h1-6H/b2-1+,5-3+,6-4+. The molecular formula is C6H6Si4. The maximum Gasteiger partial charge on any atom is 0.0242 e. The zero-order valence-electron chi connectivity index (χ0n) is 5.46. The van der Waals surface area contributed by atoms with Gasteiger partial charge in [-0.2, -0.15) is 0 Å². The van der Waals surface area contributed by atoms with E-state index >= 15 is 0 Å². The lowest BCUT2D eigenvalue weighted by Crippen LogP contribution is -1.62. The summed E-state index contributed by atoms with van der Waals surface area (Å²) in [5.41, 5.74) is 4.13. The van der Waals surface area contributed by atoms with Crippen LogP contribution in [0.15, 0.2) is 35.7 Å². The van der Waals surface area contributed by atoms with E-state index in [-0.39, 0.29) is 0 Å². The highest BCUT2D eigenvalue weighted by atomic mass is 28.8. The summed E-state index contributed by atoms with van der Waals surface area (Å²) in [7, 11) is 8.14.